The van der Waals surface area contributed by atoms with Crippen molar-refractivity contribution in [2.45, 2.75) is 37.7 Å². The van der Waals surface area contributed by atoms with Crippen LogP contribution in [0.25, 0.3) is 5.65 Å². The summed E-state index contributed by atoms with van der Waals surface area (Å²) in [6.45, 7) is 6.52. The molecule has 0 radical (unpaired) electrons. The minimum absolute atomic E-state index is 0.0893. The van der Waals surface area contributed by atoms with Gasteiger partial charge in [0.25, 0.3) is 0 Å². The van der Waals surface area contributed by atoms with E-state index in [9.17, 15) is 4.79 Å². The summed E-state index contributed by atoms with van der Waals surface area (Å²) in [4.78, 5) is 13.1. The van der Waals surface area contributed by atoms with Gasteiger partial charge in [-0.2, -0.15) is 0 Å². The topological polar surface area (TPSA) is 65.3 Å². The van der Waals surface area contributed by atoms with Crippen LogP contribution in [0.5, 0.6) is 0 Å². The van der Waals surface area contributed by atoms with Gasteiger partial charge in [-0.25, -0.2) is 0 Å². The van der Waals surface area contributed by atoms with Crippen molar-refractivity contribution in [1.29, 1.82) is 0 Å². The first-order valence-corrected chi connectivity index (χ1v) is 9.62. The van der Waals surface area contributed by atoms with Gasteiger partial charge >= 0.3 is 0 Å². The Labute approximate surface area is 161 Å². The highest BCUT2D eigenvalue weighted by atomic mass is 32.2. The molecule has 0 saturated carbocycles. The predicted octanol–water partition coefficient (Wildman–Crippen LogP) is 4.15. The molecule has 0 saturated heterocycles. The third-order valence-corrected chi connectivity index (χ3v) is 5.72. The Bertz CT molecular complexity index is 1090. The summed E-state index contributed by atoms with van der Waals surface area (Å²) in [6.07, 6.45) is 3.57. The quantitative estimate of drug-likeness (QED) is 0.371. The van der Waals surface area contributed by atoms with Crippen LogP contribution in [-0.2, 0) is 6.54 Å². The van der Waals surface area contributed by atoms with Crippen LogP contribution in [0.2, 0.25) is 0 Å². The summed E-state index contributed by atoms with van der Waals surface area (Å²) in [6, 6.07) is 11.5. The number of ketones is 1. The highest BCUT2D eigenvalue weighted by Crippen LogP contribution is 2.27. The number of fused-ring (bicyclic) bond motifs is 1. The average Bonchev–Trinajstić information content (AvgIpc) is 3.38. The summed E-state index contributed by atoms with van der Waals surface area (Å²) >= 11 is 1.42. The molecular weight excluding hydrogens is 360 g/mol. The van der Waals surface area contributed by atoms with Crippen molar-refractivity contribution in [2.24, 2.45) is 0 Å². The molecule has 6 nitrogen and oxygen atoms in total. The molecule has 1 atom stereocenters. The minimum Gasteiger partial charge on any atom is -0.467 e. The number of hydrogen-bond donors (Lipinski definition) is 0. The third kappa shape index (κ3) is 3.30. The van der Waals surface area contributed by atoms with E-state index in [2.05, 4.69) is 14.8 Å². The molecule has 27 heavy (non-hydrogen) atoms. The Hall–Kier alpha value is -2.80. The van der Waals surface area contributed by atoms with E-state index in [-0.39, 0.29) is 11.0 Å². The maximum atomic E-state index is 13.1. The van der Waals surface area contributed by atoms with Crippen LogP contribution < -0.4 is 0 Å². The maximum absolute atomic E-state index is 13.1. The summed E-state index contributed by atoms with van der Waals surface area (Å²) in [5.41, 5.74) is 3.51. The van der Waals surface area contributed by atoms with Crippen LogP contribution >= 0.6 is 11.8 Å². The van der Waals surface area contributed by atoms with Crippen molar-refractivity contribution >= 4 is 23.2 Å². The normalized spacial score (nSPS) is 12.6. The number of hydrogen-bond acceptors (Lipinski definition) is 5. The van der Waals surface area contributed by atoms with Crippen LogP contribution in [0.1, 0.15) is 34.4 Å². The first-order chi connectivity index (χ1) is 13.0. The van der Waals surface area contributed by atoms with E-state index in [1.54, 1.807) is 6.26 Å². The van der Waals surface area contributed by atoms with Gasteiger partial charge in [0.05, 0.1) is 18.1 Å². The second-order valence-electron chi connectivity index (χ2n) is 6.49. The van der Waals surface area contributed by atoms with Crippen molar-refractivity contribution < 1.29 is 9.21 Å². The fraction of sp³-hybridized carbons (Fsp3) is 0.250. The van der Waals surface area contributed by atoms with E-state index in [1.807, 2.05) is 67.8 Å². The Kier molecular flexibility index (Phi) is 4.61. The number of rotatable bonds is 6. The van der Waals surface area contributed by atoms with E-state index in [0.717, 1.165) is 33.5 Å². The molecule has 0 unspecified atom stereocenters. The standard InChI is InChI=1S/C20H20N4O2S/c1-13-11-17(14(2)24(13)12-16-7-6-10-26-16)19(25)15(3)27-20-22-21-18-8-4-5-9-23(18)20/h4-11,15H,12H2,1-3H3/t15-/m1/s1. The summed E-state index contributed by atoms with van der Waals surface area (Å²) in [5.74, 6) is 0.958. The lowest BCUT2D eigenvalue weighted by molar-refractivity contribution is 0.0993. The number of aromatic nitrogens is 4. The zero-order valence-electron chi connectivity index (χ0n) is 15.4. The van der Waals surface area contributed by atoms with Gasteiger partial charge in [0.2, 0.25) is 0 Å². The van der Waals surface area contributed by atoms with E-state index in [1.165, 1.54) is 11.8 Å². The Morgan fingerprint density at radius 3 is 2.85 bits per heavy atom. The lowest BCUT2D eigenvalue weighted by atomic mass is 10.1. The number of pyridine rings is 1. The van der Waals surface area contributed by atoms with Crippen LogP contribution in [0.3, 0.4) is 0 Å². The van der Waals surface area contributed by atoms with Crippen molar-refractivity contribution in [2.75, 3.05) is 0 Å². The molecular formula is C20H20N4O2S. The average molecular weight is 380 g/mol. The third-order valence-electron chi connectivity index (χ3n) is 4.67. The Morgan fingerprint density at radius 1 is 1.22 bits per heavy atom. The number of thioether (sulfide) groups is 1. The van der Waals surface area contributed by atoms with Crippen LogP contribution in [0.15, 0.2) is 58.4 Å². The second kappa shape index (κ2) is 7.08. The van der Waals surface area contributed by atoms with E-state index < -0.39 is 0 Å². The predicted molar refractivity (Wildman–Crippen MR) is 104 cm³/mol. The van der Waals surface area contributed by atoms with E-state index >= 15 is 0 Å². The van der Waals surface area contributed by atoms with Gasteiger partial charge in [-0.3, -0.25) is 9.20 Å². The second-order valence-corrected chi connectivity index (χ2v) is 7.79. The highest BCUT2D eigenvalue weighted by Gasteiger charge is 2.23. The molecule has 138 valence electrons. The lowest BCUT2D eigenvalue weighted by Gasteiger charge is -2.10. The van der Waals surface area contributed by atoms with Gasteiger partial charge in [-0.1, -0.05) is 17.8 Å². The number of nitrogens with zero attached hydrogens (tertiary/aromatic N) is 4. The molecule has 0 N–H and O–H groups in total. The molecule has 4 aromatic rings. The van der Waals surface area contributed by atoms with Crippen molar-refractivity contribution in [3.8, 4) is 0 Å². The molecule has 0 bridgehead atoms. The van der Waals surface area contributed by atoms with Gasteiger partial charge in [0.15, 0.2) is 16.6 Å². The number of furan rings is 1. The van der Waals surface area contributed by atoms with Crippen LogP contribution in [0.4, 0.5) is 0 Å². The number of aryl methyl sites for hydroxylation is 1. The van der Waals surface area contributed by atoms with Gasteiger partial charge in [-0.05, 0) is 51.1 Å². The van der Waals surface area contributed by atoms with Gasteiger partial charge in [0.1, 0.15) is 5.76 Å². The van der Waals surface area contributed by atoms with Crippen LogP contribution in [-0.4, -0.2) is 30.2 Å². The molecule has 0 spiro atoms. The Morgan fingerprint density at radius 2 is 2.07 bits per heavy atom. The molecule has 4 heterocycles. The summed E-state index contributed by atoms with van der Waals surface area (Å²) in [7, 11) is 0. The molecule has 4 rings (SSSR count). The molecule has 7 heteroatoms. The zero-order valence-corrected chi connectivity index (χ0v) is 16.2. The van der Waals surface area contributed by atoms with Gasteiger partial charge < -0.3 is 8.98 Å². The molecule has 0 aliphatic rings. The number of carbonyl (C=O) groups is 1. The molecule has 0 amide bonds. The van der Waals surface area contributed by atoms with Gasteiger partial charge in [-0.15, -0.1) is 10.2 Å². The molecule has 4 aromatic heterocycles. The van der Waals surface area contributed by atoms with E-state index in [0.29, 0.717) is 6.54 Å². The van der Waals surface area contributed by atoms with Crippen LogP contribution in [0, 0.1) is 13.8 Å². The minimum atomic E-state index is -0.268. The van der Waals surface area contributed by atoms with Crippen molar-refractivity contribution in [3.63, 3.8) is 0 Å². The first kappa shape index (κ1) is 17.6. The largest absolute Gasteiger partial charge is 0.467 e. The molecule has 0 aliphatic carbocycles. The number of carbonyl (C=O) groups excluding carboxylic acids is 1. The fourth-order valence-electron chi connectivity index (χ4n) is 3.18. The zero-order chi connectivity index (χ0) is 19.0. The lowest BCUT2D eigenvalue weighted by Crippen LogP contribution is -2.15. The molecule has 0 fully saturated rings. The fourth-order valence-corrected chi connectivity index (χ4v) is 4.09. The van der Waals surface area contributed by atoms with Crippen molar-refractivity contribution in [3.05, 3.63) is 71.6 Å². The Balaban J connectivity index is 1.57. The maximum Gasteiger partial charge on any atom is 0.196 e. The van der Waals surface area contributed by atoms with E-state index in [4.69, 9.17) is 4.42 Å². The summed E-state index contributed by atoms with van der Waals surface area (Å²) in [5, 5.41) is 8.81. The highest BCUT2D eigenvalue weighted by molar-refractivity contribution is 8.00. The SMILES string of the molecule is Cc1cc(C(=O)[C@@H](C)Sc2nnc3ccccn23)c(C)n1Cc1ccco1. The number of Topliss-reactive ketones (excluding diaryl/α,β-unsaturated/α-hetero) is 1. The first-order valence-electron chi connectivity index (χ1n) is 8.74. The molecule has 0 aromatic carbocycles. The smallest absolute Gasteiger partial charge is 0.196 e. The summed E-state index contributed by atoms with van der Waals surface area (Å²) < 4.78 is 9.45. The monoisotopic (exact) mass is 380 g/mol. The molecule has 0 aliphatic heterocycles. The van der Waals surface area contributed by atoms with Gasteiger partial charge in [0, 0.05) is 23.1 Å². The van der Waals surface area contributed by atoms with Crippen molar-refractivity contribution in [1.82, 2.24) is 19.2 Å².